The average Bonchev–Trinajstić information content (AvgIpc) is 1.58. The predicted octanol–water partition coefficient (Wildman–Crippen LogP) is 2.26. The standard InChI is InChI=1S/C7H13/c1-3-7-4-6(2)5-7/h6-7H,2-5H2,1H3. The maximum atomic E-state index is 3.94. The van der Waals surface area contributed by atoms with Crippen molar-refractivity contribution in [1.29, 1.82) is 0 Å². The van der Waals surface area contributed by atoms with Gasteiger partial charge in [-0.3, -0.25) is 0 Å². The summed E-state index contributed by atoms with van der Waals surface area (Å²) in [6.45, 7) is 6.20. The first-order valence-corrected chi connectivity index (χ1v) is 3.16. The van der Waals surface area contributed by atoms with Crippen LogP contribution in [0.4, 0.5) is 0 Å². The highest BCUT2D eigenvalue weighted by Crippen LogP contribution is 2.34. The monoisotopic (exact) mass is 97.1 g/mol. The van der Waals surface area contributed by atoms with Crippen molar-refractivity contribution in [3.05, 3.63) is 6.92 Å². The van der Waals surface area contributed by atoms with E-state index < -0.39 is 0 Å². The van der Waals surface area contributed by atoms with Crippen LogP contribution in [-0.4, -0.2) is 0 Å². The first-order valence-electron chi connectivity index (χ1n) is 3.16. The molecule has 0 aliphatic heterocycles. The van der Waals surface area contributed by atoms with E-state index in [1.807, 2.05) is 0 Å². The van der Waals surface area contributed by atoms with Crippen LogP contribution in [0.2, 0.25) is 0 Å². The molecule has 1 radical (unpaired) electrons. The Morgan fingerprint density at radius 3 is 2.29 bits per heavy atom. The largest absolute Gasteiger partial charge is 0.0651 e. The Morgan fingerprint density at radius 2 is 2.14 bits per heavy atom. The van der Waals surface area contributed by atoms with Crippen molar-refractivity contribution in [2.75, 3.05) is 0 Å². The molecule has 0 heterocycles. The van der Waals surface area contributed by atoms with Crippen LogP contribution in [0, 0.1) is 18.8 Å². The van der Waals surface area contributed by atoms with Gasteiger partial charge in [0.1, 0.15) is 0 Å². The van der Waals surface area contributed by atoms with E-state index >= 15 is 0 Å². The summed E-state index contributed by atoms with van der Waals surface area (Å²) in [5.41, 5.74) is 0. The number of hydrogen-bond acceptors (Lipinski definition) is 0. The molecular weight excluding hydrogens is 84.1 g/mol. The molecule has 0 heteroatoms. The van der Waals surface area contributed by atoms with E-state index in [9.17, 15) is 0 Å². The van der Waals surface area contributed by atoms with E-state index in [0.29, 0.717) is 0 Å². The SMILES string of the molecule is [CH2]C1CC(CC)C1. The molecule has 1 aliphatic rings. The zero-order valence-corrected chi connectivity index (χ0v) is 4.98. The zero-order valence-electron chi connectivity index (χ0n) is 4.98. The lowest BCUT2D eigenvalue weighted by atomic mass is 9.75. The molecule has 1 saturated carbocycles. The third kappa shape index (κ3) is 0.960. The lowest BCUT2D eigenvalue weighted by Crippen LogP contribution is -2.19. The smallest absolute Gasteiger partial charge is 0.0409 e. The van der Waals surface area contributed by atoms with E-state index in [1.54, 1.807) is 0 Å². The van der Waals surface area contributed by atoms with Gasteiger partial charge in [-0.05, 0) is 24.7 Å². The molecule has 0 N–H and O–H groups in total. The van der Waals surface area contributed by atoms with Gasteiger partial charge >= 0.3 is 0 Å². The normalized spacial score (nSPS) is 40.3. The first-order chi connectivity index (χ1) is 3.33. The molecular formula is C7H13. The molecule has 0 aromatic rings. The van der Waals surface area contributed by atoms with Crippen molar-refractivity contribution in [1.82, 2.24) is 0 Å². The third-order valence-corrected chi connectivity index (χ3v) is 1.91. The molecule has 1 rings (SSSR count). The van der Waals surface area contributed by atoms with E-state index in [2.05, 4.69) is 13.8 Å². The Kier molecular flexibility index (Phi) is 1.36. The van der Waals surface area contributed by atoms with Crippen molar-refractivity contribution >= 4 is 0 Å². The molecule has 1 fully saturated rings. The topological polar surface area (TPSA) is 0 Å². The van der Waals surface area contributed by atoms with E-state index in [1.165, 1.54) is 19.3 Å². The van der Waals surface area contributed by atoms with Crippen LogP contribution in [0.5, 0.6) is 0 Å². The van der Waals surface area contributed by atoms with Gasteiger partial charge in [-0.2, -0.15) is 0 Å². The van der Waals surface area contributed by atoms with Crippen molar-refractivity contribution < 1.29 is 0 Å². The summed E-state index contributed by atoms with van der Waals surface area (Å²) < 4.78 is 0. The molecule has 0 bridgehead atoms. The quantitative estimate of drug-likeness (QED) is 0.470. The maximum Gasteiger partial charge on any atom is -0.0409 e. The zero-order chi connectivity index (χ0) is 5.28. The number of rotatable bonds is 1. The minimum atomic E-state index is 0.796. The first kappa shape index (κ1) is 5.14. The summed E-state index contributed by atoms with van der Waals surface area (Å²) in [6.07, 6.45) is 4.14. The molecule has 41 valence electrons. The molecule has 0 nitrogen and oxygen atoms in total. The van der Waals surface area contributed by atoms with Gasteiger partial charge in [0.25, 0.3) is 0 Å². The summed E-state index contributed by atoms with van der Waals surface area (Å²) in [5, 5.41) is 0. The fourth-order valence-electron chi connectivity index (χ4n) is 1.21. The van der Waals surface area contributed by atoms with Crippen molar-refractivity contribution in [2.45, 2.75) is 26.2 Å². The van der Waals surface area contributed by atoms with Crippen LogP contribution < -0.4 is 0 Å². The summed E-state index contributed by atoms with van der Waals surface area (Å²) in [7, 11) is 0. The van der Waals surface area contributed by atoms with Crippen LogP contribution in [0.3, 0.4) is 0 Å². The Labute approximate surface area is 45.9 Å². The van der Waals surface area contributed by atoms with Gasteiger partial charge in [0.05, 0.1) is 0 Å². The minimum absolute atomic E-state index is 0.796. The average molecular weight is 97.2 g/mol. The second kappa shape index (κ2) is 1.85. The lowest BCUT2D eigenvalue weighted by Gasteiger charge is -2.31. The van der Waals surface area contributed by atoms with Gasteiger partial charge in [-0.15, -0.1) is 0 Å². The van der Waals surface area contributed by atoms with E-state index in [0.717, 1.165) is 11.8 Å². The highest BCUT2D eigenvalue weighted by molar-refractivity contribution is 4.79. The Morgan fingerprint density at radius 1 is 1.57 bits per heavy atom. The highest BCUT2D eigenvalue weighted by atomic mass is 14.3. The summed E-state index contributed by atoms with van der Waals surface area (Å²) in [6, 6.07) is 0. The van der Waals surface area contributed by atoms with Crippen LogP contribution in [0.15, 0.2) is 0 Å². The molecule has 0 saturated heterocycles. The predicted molar refractivity (Wildman–Crippen MR) is 31.9 cm³/mol. The van der Waals surface area contributed by atoms with Gasteiger partial charge < -0.3 is 0 Å². The molecule has 0 aromatic heterocycles. The second-order valence-electron chi connectivity index (χ2n) is 2.61. The molecule has 0 unspecified atom stereocenters. The van der Waals surface area contributed by atoms with Crippen molar-refractivity contribution in [3.63, 3.8) is 0 Å². The Balaban J connectivity index is 2.06. The fraction of sp³-hybridized carbons (Fsp3) is 0.857. The summed E-state index contributed by atoms with van der Waals surface area (Å²) in [5.74, 6) is 1.83. The molecule has 7 heavy (non-hydrogen) atoms. The van der Waals surface area contributed by atoms with Crippen LogP contribution in [-0.2, 0) is 0 Å². The lowest BCUT2D eigenvalue weighted by molar-refractivity contribution is 0.230. The van der Waals surface area contributed by atoms with Crippen molar-refractivity contribution in [2.24, 2.45) is 11.8 Å². The van der Waals surface area contributed by atoms with Gasteiger partial charge in [0.2, 0.25) is 0 Å². The highest BCUT2D eigenvalue weighted by Gasteiger charge is 2.22. The van der Waals surface area contributed by atoms with E-state index in [4.69, 9.17) is 0 Å². The Hall–Kier alpha value is 0. The van der Waals surface area contributed by atoms with E-state index in [-0.39, 0.29) is 0 Å². The Bertz CT molecular complexity index is 51.1. The fourth-order valence-corrected chi connectivity index (χ4v) is 1.21. The summed E-state index contributed by atoms with van der Waals surface area (Å²) >= 11 is 0. The van der Waals surface area contributed by atoms with Gasteiger partial charge in [0, 0.05) is 0 Å². The second-order valence-corrected chi connectivity index (χ2v) is 2.61. The molecule has 0 atom stereocenters. The number of hydrogen-bond donors (Lipinski definition) is 0. The molecule has 0 aromatic carbocycles. The third-order valence-electron chi connectivity index (χ3n) is 1.91. The van der Waals surface area contributed by atoms with Gasteiger partial charge in [-0.25, -0.2) is 0 Å². The van der Waals surface area contributed by atoms with Gasteiger partial charge in [0.15, 0.2) is 0 Å². The maximum absolute atomic E-state index is 3.94. The molecule has 1 aliphatic carbocycles. The molecule has 0 spiro atoms. The molecule has 0 amide bonds. The van der Waals surface area contributed by atoms with Crippen LogP contribution in [0.1, 0.15) is 26.2 Å². The summed E-state index contributed by atoms with van der Waals surface area (Å²) in [4.78, 5) is 0. The van der Waals surface area contributed by atoms with Crippen LogP contribution >= 0.6 is 0 Å². The van der Waals surface area contributed by atoms with Crippen molar-refractivity contribution in [3.8, 4) is 0 Å². The minimum Gasteiger partial charge on any atom is -0.0651 e. The van der Waals surface area contributed by atoms with Crippen LogP contribution in [0.25, 0.3) is 0 Å². The van der Waals surface area contributed by atoms with Gasteiger partial charge in [-0.1, -0.05) is 20.3 Å².